The Bertz CT molecular complexity index is 964. The van der Waals surface area contributed by atoms with E-state index in [4.69, 9.17) is 11.6 Å². The van der Waals surface area contributed by atoms with Gasteiger partial charge in [-0.2, -0.15) is 0 Å². The third kappa shape index (κ3) is 4.34. The number of carbonyl (C=O) groups excluding carboxylic acids is 1. The highest BCUT2D eigenvalue weighted by Crippen LogP contribution is 2.33. The van der Waals surface area contributed by atoms with Gasteiger partial charge < -0.3 is 4.90 Å². The van der Waals surface area contributed by atoms with Crippen molar-refractivity contribution in [3.05, 3.63) is 101 Å². The summed E-state index contributed by atoms with van der Waals surface area (Å²) < 4.78 is 0. The molecule has 0 N–H and O–H groups in total. The molecule has 1 amide bonds. The Hall–Kier alpha value is -2.69. The van der Waals surface area contributed by atoms with E-state index in [-0.39, 0.29) is 18.0 Å². The number of rotatable bonds is 4. The fourth-order valence-electron chi connectivity index (χ4n) is 4.10. The minimum absolute atomic E-state index is 0.0450. The zero-order valence-corrected chi connectivity index (χ0v) is 17.2. The van der Waals surface area contributed by atoms with Gasteiger partial charge in [-0.05, 0) is 42.3 Å². The van der Waals surface area contributed by atoms with Gasteiger partial charge in [0.1, 0.15) is 0 Å². The molecule has 5 heteroatoms. The molecule has 1 aliphatic rings. The Balaban J connectivity index is 1.59. The molecule has 1 aromatic heterocycles. The molecular formula is C24H24ClN3O. The molecule has 2 atom stereocenters. The van der Waals surface area contributed by atoms with Gasteiger partial charge in [0, 0.05) is 43.1 Å². The van der Waals surface area contributed by atoms with E-state index in [0.29, 0.717) is 18.7 Å². The first-order valence-corrected chi connectivity index (χ1v) is 10.3. The van der Waals surface area contributed by atoms with E-state index in [9.17, 15) is 4.79 Å². The summed E-state index contributed by atoms with van der Waals surface area (Å²) in [4.78, 5) is 21.3. The van der Waals surface area contributed by atoms with Crippen molar-refractivity contribution in [1.29, 1.82) is 0 Å². The summed E-state index contributed by atoms with van der Waals surface area (Å²) in [5, 5.41) is 0.737. The summed E-state index contributed by atoms with van der Waals surface area (Å²) in [6.45, 7) is 4.34. The Labute approximate surface area is 176 Å². The summed E-state index contributed by atoms with van der Waals surface area (Å²) in [5.74, 6) is 0.0450. The Morgan fingerprint density at radius 1 is 1.03 bits per heavy atom. The molecule has 4 nitrogen and oxygen atoms in total. The molecule has 0 aliphatic carbocycles. The normalized spacial score (nSPS) is 18.4. The molecule has 0 bridgehead atoms. The molecular weight excluding hydrogens is 382 g/mol. The Morgan fingerprint density at radius 2 is 1.83 bits per heavy atom. The molecule has 148 valence electrons. The number of amides is 1. The first-order chi connectivity index (χ1) is 14.1. The molecule has 0 unspecified atom stereocenters. The van der Waals surface area contributed by atoms with E-state index in [2.05, 4.69) is 47.1 Å². The number of benzene rings is 2. The molecule has 0 radical (unpaired) electrons. The average molecular weight is 406 g/mol. The molecule has 29 heavy (non-hydrogen) atoms. The highest BCUT2D eigenvalue weighted by molar-refractivity contribution is 6.30. The largest absolute Gasteiger partial charge is 0.336 e. The van der Waals surface area contributed by atoms with Gasteiger partial charge in [-0.15, -0.1) is 0 Å². The van der Waals surface area contributed by atoms with Crippen LogP contribution < -0.4 is 0 Å². The lowest BCUT2D eigenvalue weighted by atomic mass is 9.94. The Kier molecular flexibility index (Phi) is 5.93. The van der Waals surface area contributed by atoms with Crippen molar-refractivity contribution in [2.24, 2.45) is 0 Å². The summed E-state index contributed by atoms with van der Waals surface area (Å²) >= 11 is 6.31. The van der Waals surface area contributed by atoms with Crippen molar-refractivity contribution in [3.8, 4) is 0 Å². The van der Waals surface area contributed by atoms with Crippen molar-refractivity contribution in [3.63, 3.8) is 0 Å². The predicted octanol–water partition coefficient (Wildman–Crippen LogP) is 4.67. The second kappa shape index (κ2) is 8.76. The summed E-state index contributed by atoms with van der Waals surface area (Å²) in [6.07, 6.45) is 3.32. The highest BCUT2D eigenvalue weighted by Gasteiger charge is 2.33. The van der Waals surface area contributed by atoms with E-state index in [1.165, 1.54) is 11.1 Å². The molecule has 2 aromatic carbocycles. The van der Waals surface area contributed by atoms with Crippen molar-refractivity contribution in [2.45, 2.75) is 19.0 Å². The van der Waals surface area contributed by atoms with Crippen LogP contribution in [-0.2, 0) is 0 Å². The van der Waals surface area contributed by atoms with Crippen LogP contribution in [0.25, 0.3) is 0 Å². The maximum absolute atomic E-state index is 12.9. The number of hydrogen-bond donors (Lipinski definition) is 0. The maximum atomic E-state index is 12.9. The molecule has 1 saturated heterocycles. The Morgan fingerprint density at radius 3 is 2.52 bits per heavy atom. The second-order valence-corrected chi connectivity index (χ2v) is 7.88. The van der Waals surface area contributed by atoms with Gasteiger partial charge in [0.15, 0.2) is 0 Å². The predicted molar refractivity (Wildman–Crippen MR) is 116 cm³/mol. The lowest BCUT2D eigenvalue weighted by molar-refractivity contribution is 0.0428. The summed E-state index contributed by atoms with van der Waals surface area (Å²) in [6, 6.07) is 22.5. The zero-order valence-electron chi connectivity index (χ0n) is 16.4. The number of aromatic nitrogens is 1. The van der Waals surface area contributed by atoms with Crippen LogP contribution in [-0.4, -0.2) is 46.4 Å². The molecule has 3 aromatic rings. The first-order valence-electron chi connectivity index (χ1n) is 9.89. The highest BCUT2D eigenvalue weighted by atomic mass is 35.5. The fraction of sp³-hybridized carbons (Fsp3) is 0.250. The lowest BCUT2D eigenvalue weighted by Gasteiger charge is -2.44. The van der Waals surface area contributed by atoms with Gasteiger partial charge >= 0.3 is 0 Å². The van der Waals surface area contributed by atoms with Gasteiger partial charge in [-0.25, -0.2) is 0 Å². The van der Waals surface area contributed by atoms with Crippen molar-refractivity contribution < 1.29 is 4.79 Å². The molecule has 1 aliphatic heterocycles. The second-order valence-electron chi connectivity index (χ2n) is 7.45. The fourth-order valence-corrected chi connectivity index (χ4v) is 4.30. The minimum Gasteiger partial charge on any atom is -0.336 e. The van der Waals surface area contributed by atoms with Crippen LogP contribution >= 0.6 is 11.6 Å². The molecule has 0 saturated carbocycles. The quantitative estimate of drug-likeness (QED) is 0.632. The van der Waals surface area contributed by atoms with Gasteiger partial charge in [-0.1, -0.05) is 54.1 Å². The third-order valence-corrected chi connectivity index (χ3v) is 5.72. The SMILES string of the molecule is C[C@H]1CN(C(=O)c2cccnc2)CCN1[C@H](c1ccccc1)c1cccc(Cl)c1. The monoisotopic (exact) mass is 405 g/mol. The lowest BCUT2D eigenvalue weighted by Crippen LogP contribution is -2.54. The van der Waals surface area contributed by atoms with Crippen molar-refractivity contribution >= 4 is 17.5 Å². The smallest absolute Gasteiger partial charge is 0.255 e. The standard InChI is InChI=1S/C24H24ClN3O/c1-18-17-27(24(29)21-10-6-12-26-16-21)13-14-28(18)23(19-7-3-2-4-8-19)20-9-5-11-22(25)15-20/h2-12,15-16,18,23H,13-14,17H2,1H3/t18-,23+/m0/s1. The van der Waals surface area contributed by atoms with Crippen LogP contribution in [0.4, 0.5) is 0 Å². The minimum atomic E-state index is 0.0450. The zero-order chi connectivity index (χ0) is 20.2. The molecule has 4 rings (SSSR count). The average Bonchev–Trinajstić information content (AvgIpc) is 2.76. The number of halogens is 1. The topological polar surface area (TPSA) is 36.4 Å². The van der Waals surface area contributed by atoms with Gasteiger partial charge in [0.25, 0.3) is 5.91 Å². The van der Waals surface area contributed by atoms with Gasteiger partial charge in [0.2, 0.25) is 0 Å². The first kappa shape index (κ1) is 19.6. The van der Waals surface area contributed by atoms with Crippen LogP contribution in [0.5, 0.6) is 0 Å². The van der Waals surface area contributed by atoms with Crippen LogP contribution in [0.15, 0.2) is 79.1 Å². The van der Waals surface area contributed by atoms with Crippen LogP contribution in [0.1, 0.15) is 34.5 Å². The maximum Gasteiger partial charge on any atom is 0.255 e. The number of pyridine rings is 1. The molecule has 1 fully saturated rings. The van der Waals surface area contributed by atoms with Crippen molar-refractivity contribution in [2.75, 3.05) is 19.6 Å². The number of hydrogen-bond acceptors (Lipinski definition) is 3. The molecule has 0 spiro atoms. The summed E-state index contributed by atoms with van der Waals surface area (Å²) in [5.41, 5.74) is 3.04. The van der Waals surface area contributed by atoms with E-state index < -0.39 is 0 Å². The van der Waals surface area contributed by atoms with E-state index in [1.54, 1.807) is 18.5 Å². The number of carbonyl (C=O) groups is 1. The van der Waals surface area contributed by atoms with E-state index in [0.717, 1.165) is 11.6 Å². The van der Waals surface area contributed by atoms with Gasteiger partial charge in [0.05, 0.1) is 11.6 Å². The number of piperazine rings is 1. The van der Waals surface area contributed by atoms with E-state index in [1.807, 2.05) is 35.2 Å². The van der Waals surface area contributed by atoms with Gasteiger partial charge in [-0.3, -0.25) is 14.7 Å². The van der Waals surface area contributed by atoms with Crippen LogP contribution in [0.2, 0.25) is 5.02 Å². The molecule has 2 heterocycles. The third-order valence-electron chi connectivity index (χ3n) is 5.49. The summed E-state index contributed by atoms with van der Waals surface area (Å²) in [7, 11) is 0. The van der Waals surface area contributed by atoms with Crippen LogP contribution in [0.3, 0.4) is 0 Å². The van der Waals surface area contributed by atoms with Crippen molar-refractivity contribution in [1.82, 2.24) is 14.8 Å². The number of nitrogens with zero attached hydrogens (tertiary/aromatic N) is 3. The van der Waals surface area contributed by atoms with Crippen LogP contribution in [0, 0.1) is 0 Å². The van der Waals surface area contributed by atoms with E-state index >= 15 is 0 Å².